The van der Waals surface area contributed by atoms with Crippen molar-refractivity contribution in [2.75, 3.05) is 10.6 Å². The van der Waals surface area contributed by atoms with E-state index < -0.39 is 0 Å². The summed E-state index contributed by atoms with van der Waals surface area (Å²) < 4.78 is 1.68. The number of rotatable bonds is 7. The van der Waals surface area contributed by atoms with Crippen LogP contribution in [0.25, 0.3) is 17.2 Å². The van der Waals surface area contributed by atoms with Crippen molar-refractivity contribution >= 4 is 28.9 Å². The molecule has 0 saturated carbocycles. The molecule has 0 saturated heterocycles. The Kier molecular flexibility index (Phi) is 6.40. The minimum absolute atomic E-state index is 0.173. The van der Waals surface area contributed by atoms with Gasteiger partial charge in [0.05, 0.1) is 0 Å². The fraction of sp³-hybridized carbons (Fsp3) is 0.179. The first kappa shape index (κ1) is 23.2. The number of hydrogen-bond donors (Lipinski definition) is 2. The zero-order chi connectivity index (χ0) is 25.1. The van der Waals surface area contributed by atoms with Gasteiger partial charge >= 0.3 is 0 Å². The van der Waals surface area contributed by atoms with Gasteiger partial charge in [0.25, 0.3) is 11.7 Å². The Bertz CT molecular complexity index is 1540. The summed E-state index contributed by atoms with van der Waals surface area (Å²) in [6.45, 7) is 6.19. The lowest BCUT2D eigenvalue weighted by atomic mass is 10.1. The van der Waals surface area contributed by atoms with Crippen LogP contribution in [0.15, 0.2) is 73.1 Å². The molecule has 0 aliphatic carbocycles. The van der Waals surface area contributed by atoms with Crippen LogP contribution >= 0.6 is 0 Å². The van der Waals surface area contributed by atoms with Crippen molar-refractivity contribution in [3.8, 4) is 11.4 Å². The third-order valence-corrected chi connectivity index (χ3v) is 5.95. The monoisotopic (exact) mass is 477 g/mol. The fourth-order valence-electron chi connectivity index (χ4n) is 3.92. The van der Waals surface area contributed by atoms with Gasteiger partial charge in [-0.3, -0.25) is 9.78 Å². The lowest BCUT2D eigenvalue weighted by Gasteiger charge is -2.12. The quantitative estimate of drug-likeness (QED) is 0.310. The smallest absolute Gasteiger partial charge is 0.255 e. The van der Waals surface area contributed by atoms with Gasteiger partial charge in [-0.1, -0.05) is 25.5 Å². The molecular formula is C28H27N7O. The number of aromatic nitrogens is 5. The van der Waals surface area contributed by atoms with Gasteiger partial charge in [0.2, 0.25) is 0 Å². The highest BCUT2D eigenvalue weighted by molar-refractivity contribution is 6.05. The molecule has 8 nitrogen and oxygen atoms in total. The minimum atomic E-state index is -0.173. The Morgan fingerprint density at radius 2 is 1.83 bits per heavy atom. The largest absolute Gasteiger partial charge is 0.340 e. The number of pyridine rings is 1. The van der Waals surface area contributed by atoms with Gasteiger partial charge < -0.3 is 10.6 Å². The van der Waals surface area contributed by atoms with Gasteiger partial charge in [-0.2, -0.15) is 9.50 Å². The number of nitrogens with zero attached hydrogens (tertiary/aromatic N) is 5. The summed E-state index contributed by atoms with van der Waals surface area (Å²) >= 11 is 0. The Hall–Kier alpha value is -4.59. The van der Waals surface area contributed by atoms with Crippen molar-refractivity contribution in [3.63, 3.8) is 0 Å². The molecule has 0 unspecified atom stereocenters. The molecule has 0 aliphatic rings. The van der Waals surface area contributed by atoms with Crippen LogP contribution in [-0.2, 0) is 6.42 Å². The molecule has 0 aliphatic heterocycles. The van der Waals surface area contributed by atoms with Crippen LogP contribution in [0, 0.1) is 13.8 Å². The Morgan fingerprint density at radius 1 is 0.944 bits per heavy atom. The molecule has 0 atom stereocenters. The van der Waals surface area contributed by atoms with Gasteiger partial charge in [0.15, 0.2) is 5.82 Å². The highest BCUT2D eigenvalue weighted by Gasteiger charge is 2.14. The Balaban J connectivity index is 1.45. The maximum atomic E-state index is 12.9. The first-order chi connectivity index (χ1) is 17.5. The van der Waals surface area contributed by atoms with Crippen LogP contribution in [0.5, 0.6) is 0 Å². The van der Waals surface area contributed by atoms with E-state index in [9.17, 15) is 4.79 Å². The van der Waals surface area contributed by atoms with Crippen molar-refractivity contribution in [1.29, 1.82) is 0 Å². The molecule has 36 heavy (non-hydrogen) atoms. The van der Waals surface area contributed by atoms with Crippen molar-refractivity contribution in [2.45, 2.75) is 33.6 Å². The second-order valence-corrected chi connectivity index (χ2v) is 8.73. The van der Waals surface area contributed by atoms with Crippen LogP contribution in [-0.4, -0.2) is 30.5 Å². The predicted molar refractivity (Wildman–Crippen MR) is 142 cm³/mol. The summed E-state index contributed by atoms with van der Waals surface area (Å²) in [4.78, 5) is 26.4. The first-order valence-electron chi connectivity index (χ1n) is 11.9. The molecule has 2 N–H and O–H groups in total. The van der Waals surface area contributed by atoms with Gasteiger partial charge in [-0.15, -0.1) is 5.10 Å². The van der Waals surface area contributed by atoms with E-state index in [1.165, 1.54) is 5.56 Å². The molecular weight excluding hydrogens is 450 g/mol. The van der Waals surface area contributed by atoms with E-state index in [1.807, 2.05) is 68.4 Å². The van der Waals surface area contributed by atoms with Gasteiger partial charge in [0, 0.05) is 46.7 Å². The third-order valence-electron chi connectivity index (χ3n) is 5.95. The molecule has 0 bridgehead atoms. The van der Waals surface area contributed by atoms with Crippen LogP contribution in [0.2, 0.25) is 0 Å². The van der Waals surface area contributed by atoms with E-state index in [2.05, 4.69) is 37.6 Å². The zero-order valence-electron chi connectivity index (χ0n) is 20.5. The normalized spacial score (nSPS) is 11.0. The molecule has 5 rings (SSSR count). The third kappa shape index (κ3) is 4.93. The van der Waals surface area contributed by atoms with E-state index in [0.29, 0.717) is 17.2 Å². The van der Waals surface area contributed by atoms with E-state index in [4.69, 9.17) is 0 Å². The SMILES string of the molecule is CCCc1cc(Nc2cccc(C(=O)Nc3ccc(C)c(C)c3)c2)n2nc(-c3cccnc3)nc2n1. The van der Waals surface area contributed by atoms with E-state index in [-0.39, 0.29) is 5.91 Å². The number of anilines is 3. The second-order valence-electron chi connectivity index (χ2n) is 8.73. The van der Waals surface area contributed by atoms with Crippen LogP contribution < -0.4 is 10.6 Å². The summed E-state index contributed by atoms with van der Waals surface area (Å²) in [5, 5.41) is 11.1. The minimum Gasteiger partial charge on any atom is -0.340 e. The molecule has 0 spiro atoms. The van der Waals surface area contributed by atoms with Gasteiger partial charge in [-0.25, -0.2) is 4.98 Å². The number of hydrogen-bond acceptors (Lipinski definition) is 6. The molecule has 3 aromatic heterocycles. The number of benzene rings is 2. The van der Waals surface area contributed by atoms with Crippen molar-refractivity contribution in [1.82, 2.24) is 24.6 Å². The lowest BCUT2D eigenvalue weighted by molar-refractivity contribution is 0.102. The fourth-order valence-corrected chi connectivity index (χ4v) is 3.92. The number of carbonyl (C=O) groups is 1. The average Bonchev–Trinajstić information content (AvgIpc) is 3.32. The summed E-state index contributed by atoms with van der Waals surface area (Å²) in [7, 11) is 0. The van der Waals surface area contributed by atoms with E-state index in [0.717, 1.165) is 46.9 Å². The summed E-state index contributed by atoms with van der Waals surface area (Å²) in [5.41, 5.74) is 6.13. The number of carbonyl (C=O) groups excluding carboxylic acids is 1. The van der Waals surface area contributed by atoms with Gasteiger partial charge in [-0.05, 0) is 73.9 Å². The molecule has 3 heterocycles. The number of amides is 1. The molecule has 5 aromatic rings. The molecule has 2 aromatic carbocycles. The predicted octanol–water partition coefficient (Wildman–Crippen LogP) is 5.75. The second kappa shape index (κ2) is 9.95. The average molecular weight is 478 g/mol. The van der Waals surface area contributed by atoms with Gasteiger partial charge in [0.1, 0.15) is 5.82 Å². The van der Waals surface area contributed by atoms with Crippen LogP contribution in [0.4, 0.5) is 17.2 Å². The summed E-state index contributed by atoms with van der Waals surface area (Å²) in [6.07, 6.45) is 5.22. The lowest BCUT2D eigenvalue weighted by Crippen LogP contribution is -2.12. The Morgan fingerprint density at radius 3 is 2.61 bits per heavy atom. The highest BCUT2D eigenvalue weighted by atomic mass is 16.1. The molecule has 1 amide bonds. The number of nitrogens with one attached hydrogen (secondary N) is 2. The van der Waals surface area contributed by atoms with Crippen molar-refractivity contribution < 1.29 is 4.79 Å². The Labute approximate surface area is 209 Å². The maximum absolute atomic E-state index is 12.9. The maximum Gasteiger partial charge on any atom is 0.255 e. The van der Waals surface area contributed by atoms with E-state index in [1.54, 1.807) is 23.0 Å². The van der Waals surface area contributed by atoms with Crippen LogP contribution in [0.1, 0.15) is 40.5 Å². The molecule has 0 fully saturated rings. The summed E-state index contributed by atoms with van der Waals surface area (Å²) in [6, 6.07) is 19.0. The van der Waals surface area contributed by atoms with Crippen LogP contribution in [0.3, 0.4) is 0 Å². The number of aryl methyl sites for hydroxylation is 3. The molecule has 0 radical (unpaired) electrons. The highest BCUT2D eigenvalue weighted by Crippen LogP contribution is 2.23. The molecule has 8 heteroatoms. The van der Waals surface area contributed by atoms with Crippen molar-refractivity contribution in [3.05, 3.63) is 95.4 Å². The first-order valence-corrected chi connectivity index (χ1v) is 11.9. The number of fused-ring (bicyclic) bond motifs is 1. The molecule has 180 valence electrons. The summed E-state index contributed by atoms with van der Waals surface area (Å²) in [5.74, 6) is 1.60. The van der Waals surface area contributed by atoms with Crippen molar-refractivity contribution in [2.24, 2.45) is 0 Å². The topological polar surface area (TPSA) is 97.1 Å². The standard InChI is InChI=1S/C28H27N7O/c1-4-7-22-16-25(35-28(32-22)33-26(34-35)21-9-6-13-29-17-21)30-23-10-5-8-20(15-23)27(36)31-24-12-11-18(2)19(3)14-24/h5-6,8-17,30H,4,7H2,1-3H3,(H,31,36). The zero-order valence-corrected chi connectivity index (χ0v) is 20.5. The van der Waals surface area contributed by atoms with E-state index >= 15 is 0 Å².